The van der Waals surface area contributed by atoms with Crippen molar-refractivity contribution in [2.24, 2.45) is 5.16 Å². The minimum absolute atomic E-state index is 0.00254. The lowest BCUT2D eigenvalue weighted by molar-refractivity contribution is -0.121. The Balaban J connectivity index is 1.84. The SMILES string of the molecule is CN1ON=C(OCCCC(=O)NCCS(=O)(=O)O)C1S(=O)(=O)c1ccccc1. The van der Waals surface area contributed by atoms with E-state index < -0.39 is 37.0 Å². The highest BCUT2D eigenvalue weighted by Gasteiger charge is 2.43. The van der Waals surface area contributed by atoms with Gasteiger partial charge >= 0.3 is 0 Å². The van der Waals surface area contributed by atoms with Crippen LogP contribution in [0.15, 0.2) is 40.4 Å². The van der Waals surface area contributed by atoms with E-state index in [1.165, 1.54) is 19.2 Å². The first-order valence-corrected chi connectivity index (χ1v) is 11.4. The second-order valence-corrected chi connectivity index (χ2v) is 9.44. The molecule has 1 aliphatic rings. The number of oxime groups is 1. The molecule has 13 heteroatoms. The predicted octanol–water partition coefficient (Wildman–Crippen LogP) is -0.222. The lowest BCUT2D eigenvalue weighted by Gasteiger charge is -2.18. The van der Waals surface area contributed by atoms with Gasteiger partial charge in [0, 0.05) is 20.0 Å². The summed E-state index contributed by atoms with van der Waals surface area (Å²) in [5, 5.41) is 5.77. The topological polar surface area (TPSA) is 152 Å². The van der Waals surface area contributed by atoms with Gasteiger partial charge in [-0.25, -0.2) is 8.42 Å². The van der Waals surface area contributed by atoms with Gasteiger partial charge in [0.1, 0.15) is 0 Å². The van der Waals surface area contributed by atoms with Gasteiger partial charge in [-0.05, 0) is 23.7 Å². The number of hydroxylamine groups is 2. The fraction of sp³-hybridized carbons (Fsp3) is 0.467. The van der Waals surface area contributed by atoms with Gasteiger partial charge in [0.15, 0.2) is 0 Å². The third-order valence-electron chi connectivity index (χ3n) is 3.65. The minimum Gasteiger partial charge on any atom is -0.477 e. The molecule has 2 rings (SSSR count). The van der Waals surface area contributed by atoms with Crippen molar-refractivity contribution in [3.63, 3.8) is 0 Å². The summed E-state index contributed by atoms with van der Waals surface area (Å²) in [5.74, 6) is -1.14. The molecule has 1 aromatic rings. The quantitative estimate of drug-likeness (QED) is 0.396. The van der Waals surface area contributed by atoms with E-state index in [1.54, 1.807) is 18.2 Å². The van der Waals surface area contributed by atoms with E-state index in [9.17, 15) is 21.6 Å². The molecule has 1 atom stereocenters. The molecular formula is C15H21N3O8S2. The van der Waals surface area contributed by atoms with E-state index in [-0.39, 0.29) is 36.8 Å². The van der Waals surface area contributed by atoms with E-state index in [2.05, 4.69) is 10.5 Å². The highest BCUT2D eigenvalue weighted by molar-refractivity contribution is 7.92. The second kappa shape index (κ2) is 9.32. The maximum atomic E-state index is 12.8. The monoisotopic (exact) mass is 435 g/mol. The molecule has 156 valence electrons. The summed E-state index contributed by atoms with van der Waals surface area (Å²) < 4.78 is 60.7. The number of carbonyl (C=O) groups is 1. The zero-order valence-electron chi connectivity index (χ0n) is 15.0. The number of amides is 1. The summed E-state index contributed by atoms with van der Waals surface area (Å²) in [5.41, 5.74) is 0. The Morgan fingerprint density at radius 2 is 1.96 bits per heavy atom. The number of benzene rings is 1. The molecular weight excluding hydrogens is 414 g/mol. The number of nitrogens with one attached hydrogen (secondary N) is 1. The molecule has 28 heavy (non-hydrogen) atoms. The highest BCUT2D eigenvalue weighted by Crippen LogP contribution is 2.24. The molecule has 0 aliphatic carbocycles. The van der Waals surface area contributed by atoms with Gasteiger partial charge in [0.2, 0.25) is 21.1 Å². The number of likely N-dealkylation sites (N-methyl/N-ethyl adjacent to an activating group) is 1. The fourth-order valence-electron chi connectivity index (χ4n) is 2.33. The molecule has 0 aromatic heterocycles. The summed E-state index contributed by atoms with van der Waals surface area (Å²) >= 11 is 0. The molecule has 0 fully saturated rings. The summed E-state index contributed by atoms with van der Waals surface area (Å²) in [4.78, 5) is 16.6. The van der Waals surface area contributed by atoms with Gasteiger partial charge in [0.25, 0.3) is 16.0 Å². The first-order chi connectivity index (χ1) is 13.1. The number of sulfone groups is 1. The van der Waals surface area contributed by atoms with Crippen LogP contribution in [0.5, 0.6) is 0 Å². The molecule has 1 aliphatic heterocycles. The lowest BCUT2D eigenvalue weighted by Crippen LogP contribution is -2.40. The second-order valence-electron chi connectivity index (χ2n) is 5.86. The van der Waals surface area contributed by atoms with Crippen molar-refractivity contribution in [3.8, 4) is 0 Å². The van der Waals surface area contributed by atoms with Crippen molar-refractivity contribution in [2.45, 2.75) is 23.1 Å². The number of nitrogens with zero attached hydrogens (tertiary/aromatic N) is 2. The third kappa shape index (κ3) is 6.15. The van der Waals surface area contributed by atoms with Crippen molar-refractivity contribution >= 4 is 31.8 Å². The zero-order valence-corrected chi connectivity index (χ0v) is 16.6. The van der Waals surface area contributed by atoms with Crippen molar-refractivity contribution in [2.75, 3.05) is 26.0 Å². The number of ether oxygens (including phenoxy) is 1. The molecule has 2 N–H and O–H groups in total. The molecule has 0 bridgehead atoms. The standard InChI is InChI=1S/C15H21N3O8S2/c1-18-15(28(23,24)12-6-3-2-4-7-12)14(17-26-18)25-10-5-8-13(19)16-9-11-27(20,21)22/h2-4,6-7,15H,5,8-11H2,1H3,(H,16,19)(H,20,21,22). The Bertz CT molecular complexity index is 916. The van der Waals surface area contributed by atoms with Crippen LogP contribution in [0.4, 0.5) is 0 Å². The van der Waals surface area contributed by atoms with Crippen LogP contribution in [-0.2, 0) is 34.4 Å². The van der Waals surface area contributed by atoms with Gasteiger partial charge in [0.05, 0.1) is 17.3 Å². The summed E-state index contributed by atoms with van der Waals surface area (Å²) in [7, 11) is -6.56. The van der Waals surface area contributed by atoms with Gasteiger partial charge in [-0.2, -0.15) is 8.42 Å². The summed E-state index contributed by atoms with van der Waals surface area (Å²) in [6, 6.07) is 7.80. The van der Waals surface area contributed by atoms with Crippen LogP contribution >= 0.6 is 0 Å². The van der Waals surface area contributed by atoms with Crippen molar-refractivity contribution < 1.29 is 35.9 Å². The maximum Gasteiger partial charge on any atom is 0.266 e. The maximum absolute atomic E-state index is 12.8. The van der Waals surface area contributed by atoms with Gasteiger partial charge in [-0.1, -0.05) is 23.3 Å². The predicted molar refractivity (Wildman–Crippen MR) is 98.3 cm³/mol. The lowest BCUT2D eigenvalue weighted by atomic mass is 10.3. The molecule has 1 amide bonds. The van der Waals surface area contributed by atoms with Gasteiger partial charge in [-0.3, -0.25) is 14.3 Å². The van der Waals surface area contributed by atoms with E-state index in [0.29, 0.717) is 0 Å². The summed E-state index contributed by atoms with van der Waals surface area (Å²) in [6.07, 6.45) is 0.254. The van der Waals surface area contributed by atoms with E-state index in [1.807, 2.05) is 0 Å². The van der Waals surface area contributed by atoms with E-state index >= 15 is 0 Å². The highest BCUT2D eigenvalue weighted by atomic mass is 32.2. The molecule has 1 heterocycles. The van der Waals surface area contributed by atoms with Crippen LogP contribution in [0, 0.1) is 0 Å². The average molecular weight is 435 g/mol. The number of carbonyl (C=O) groups excluding carboxylic acids is 1. The molecule has 0 saturated carbocycles. The molecule has 11 nitrogen and oxygen atoms in total. The van der Waals surface area contributed by atoms with Crippen LogP contribution in [0.2, 0.25) is 0 Å². The van der Waals surface area contributed by atoms with Gasteiger partial charge < -0.3 is 10.1 Å². The van der Waals surface area contributed by atoms with Crippen LogP contribution < -0.4 is 5.32 Å². The smallest absolute Gasteiger partial charge is 0.266 e. The largest absolute Gasteiger partial charge is 0.477 e. The molecule has 0 radical (unpaired) electrons. The van der Waals surface area contributed by atoms with E-state index in [0.717, 1.165) is 5.06 Å². The Morgan fingerprint density at radius 1 is 1.29 bits per heavy atom. The Labute approximate surface area is 162 Å². The minimum atomic E-state index is -4.13. The van der Waals surface area contributed by atoms with E-state index in [4.69, 9.17) is 14.2 Å². The normalized spacial score (nSPS) is 17.6. The zero-order chi connectivity index (χ0) is 20.8. The Kier molecular flexibility index (Phi) is 7.35. The number of rotatable bonds is 9. The molecule has 0 spiro atoms. The molecule has 1 unspecified atom stereocenters. The third-order valence-corrected chi connectivity index (χ3v) is 6.38. The van der Waals surface area contributed by atoms with Crippen molar-refractivity contribution in [1.29, 1.82) is 0 Å². The van der Waals surface area contributed by atoms with Crippen molar-refractivity contribution in [1.82, 2.24) is 10.4 Å². The number of hydrogen-bond acceptors (Lipinski definition) is 9. The summed E-state index contributed by atoms with van der Waals surface area (Å²) in [6.45, 7) is -0.205. The van der Waals surface area contributed by atoms with Gasteiger partial charge in [-0.15, -0.1) is 0 Å². The van der Waals surface area contributed by atoms with Crippen LogP contribution in [0.25, 0.3) is 0 Å². The first kappa shape index (κ1) is 22.1. The van der Waals surface area contributed by atoms with Crippen molar-refractivity contribution in [3.05, 3.63) is 30.3 Å². The number of hydrogen-bond donors (Lipinski definition) is 2. The Hall–Kier alpha value is -2.22. The van der Waals surface area contributed by atoms with Crippen LogP contribution in [0.1, 0.15) is 12.8 Å². The fourth-order valence-corrected chi connectivity index (χ4v) is 4.29. The molecule has 0 saturated heterocycles. The average Bonchev–Trinajstić information content (AvgIpc) is 3.00. The molecule has 1 aromatic carbocycles. The van der Waals surface area contributed by atoms with Crippen LogP contribution in [0.3, 0.4) is 0 Å². The first-order valence-electron chi connectivity index (χ1n) is 8.23. The van der Waals surface area contributed by atoms with Crippen LogP contribution in [-0.4, -0.2) is 69.6 Å². The Morgan fingerprint density at radius 3 is 2.61 bits per heavy atom.